The third-order valence-electron chi connectivity index (χ3n) is 5.85. The van der Waals surface area contributed by atoms with Gasteiger partial charge in [-0.05, 0) is 30.7 Å². The predicted octanol–water partition coefficient (Wildman–Crippen LogP) is 3.88. The average molecular weight is 520 g/mol. The third kappa shape index (κ3) is 4.62. The second-order valence-electron chi connectivity index (χ2n) is 8.11. The lowest BCUT2D eigenvalue weighted by atomic mass is 10.0. The molecule has 0 unspecified atom stereocenters. The number of nitrogens with one attached hydrogen (secondary N) is 1. The lowest BCUT2D eigenvalue weighted by Gasteiger charge is -2.34. The fourth-order valence-corrected chi connectivity index (χ4v) is 4.37. The number of carboxylic acid groups (broad SMARTS) is 1. The molecule has 1 fully saturated rings. The van der Waals surface area contributed by atoms with E-state index in [1.165, 1.54) is 22.9 Å². The summed E-state index contributed by atoms with van der Waals surface area (Å²) in [5.41, 5.74) is 1.86. The molecule has 14 heteroatoms. The number of piperidine rings is 1. The lowest BCUT2D eigenvalue weighted by Crippen LogP contribution is -2.46. The molecule has 3 N–H and O–H groups in total. The summed E-state index contributed by atoms with van der Waals surface area (Å²) in [6.45, 7) is -2.97. The van der Waals surface area contributed by atoms with E-state index in [-0.39, 0.29) is 35.1 Å². The van der Waals surface area contributed by atoms with E-state index in [0.29, 0.717) is 23.4 Å². The number of fused-ring (bicyclic) bond motifs is 1. The maximum absolute atomic E-state index is 13.1. The van der Waals surface area contributed by atoms with Crippen molar-refractivity contribution in [3.63, 3.8) is 0 Å². The number of aromatic nitrogens is 5. The first-order chi connectivity index (χ1) is 17.3. The van der Waals surface area contributed by atoms with Crippen molar-refractivity contribution in [3.05, 3.63) is 54.1 Å². The molecule has 0 spiro atoms. The maximum Gasteiger partial charge on any atom is 0.407 e. The number of anilines is 2. The zero-order chi connectivity index (χ0) is 25.4. The predicted molar refractivity (Wildman–Crippen MR) is 125 cm³/mol. The Labute approximate surface area is 207 Å². The van der Waals surface area contributed by atoms with Gasteiger partial charge in [0.2, 0.25) is 0 Å². The molecule has 2 atom stereocenters. The van der Waals surface area contributed by atoms with Crippen molar-refractivity contribution < 1.29 is 28.5 Å². The molecule has 5 rings (SSSR count). The standard InChI is InChI=1S/C22H20ClF2N7O4/c23-12-2-3-18(36-21(24)25)13(8-12)19-15(28-14-9-27-31-6-1-5-26-20(14)31)10-32(29-19)16-4-7-30(22(34)35)11-17(16)33/h1-3,5-6,8-10,16-17,21,28,33H,4,7,11H2,(H,34,35)/t16-,17-/m0/s1. The van der Waals surface area contributed by atoms with Crippen molar-refractivity contribution in [3.8, 4) is 17.0 Å². The first kappa shape index (κ1) is 23.8. The average Bonchev–Trinajstić information content (AvgIpc) is 3.44. The van der Waals surface area contributed by atoms with E-state index in [9.17, 15) is 23.8 Å². The van der Waals surface area contributed by atoms with Crippen molar-refractivity contribution in [1.29, 1.82) is 0 Å². The van der Waals surface area contributed by atoms with Crippen LogP contribution in [-0.2, 0) is 0 Å². The SMILES string of the molecule is O=C(O)N1CC[C@H](n2cc(Nc3cnn4cccnc34)c(-c3cc(Cl)ccc3OC(F)F)n2)[C@@H](O)C1. The monoisotopic (exact) mass is 519 g/mol. The quantitative estimate of drug-likeness (QED) is 0.350. The van der Waals surface area contributed by atoms with Crippen LogP contribution in [0.25, 0.3) is 16.9 Å². The van der Waals surface area contributed by atoms with Crippen molar-refractivity contribution in [1.82, 2.24) is 29.3 Å². The van der Waals surface area contributed by atoms with Gasteiger partial charge in [0.05, 0.1) is 30.6 Å². The van der Waals surface area contributed by atoms with Gasteiger partial charge in [0.15, 0.2) is 5.65 Å². The fraction of sp³-hybridized carbons (Fsp3) is 0.273. The van der Waals surface area contributed by atoms with Crippen LogP contribution >= 0.6 is 11.6 Å². The zero-order valence-electron chi connectivity index (χ0n) is 18.5. The highest BCUT2D eigenvalue weighted by molar-refractivity contribution is 6.31. The third-order valence-corrected chi connectivity index (χ3v) is 6.09. The Kier molecular flexibility index (Phi) is 6.33. The molecule has 0 aliphatic carbocycles. The highest BCUT2D eigenvalue weighted by Crippen LogP contribution is 2.39. The van der Waals surface area contributed by atoms with Crippen LogP contribution in [0.1, 0.15) is 12.5 Å². The molecule has 0 radical (unpaired) electrons. The van der Waals surface area contributed by atoms with Crippen molar-refractivity contribution >= 4 is 34.7 Å². The Morgan fingerprint density at radius 3 is 2.89 bits per heavy atom. The van der Waals surface area contributed by atoms with Gasteiger partial charge < -0.3 is 25.2 Å². The van der Waals surface area contributed by atoms with Crippen molar-refractivity contribution in [2.75, 3.05) is 18.4 Å². The van der Waals surface area contributed by atoms with Crippen LogP contribution in [0.4, 0.5) is 25.0 Å². The van der Waals surface area contributed by atoms with Crippen LogP contribution in [0, 0.1) is 0 Å². The minimum absolute atomic E-state index is 0.0904. The molecule has 4 aromatic rings. The number of hydrogen-bond donors (Lipinski definition) is 3. The Hall–Kier alpha value is -3.97. The number of likely N-dealkylation sites (tertiary alicyclic amines) is 1. The van der Waals surface area contributed by atoms with E-state index in [2.05, 4.69) is 20.5 Å². The van der Waals surface area contributed by atoms with Gasteiger partial charge in [-0.25, -0.2) is 14.3 Å². The van der Waals surface area contributed by atoms with E-state index in [0.717, 1.165) is 4.90 Å². The highest BCUT2D eigenvalue weighted by atomic mass is 35.5. The summed E-state index contributed by atoms with van der Waals surface area (Å²) in [6, 6.07) is 5.36. The molecule has 0 bridgehead atoms. The fourth-order valence-electron chi connectivity index (χ4n) is 4.20. The normalized spacial score (nSPS) is 18.1. The van der Waals surface area contributed by atoms with Gasteiger partial charge in [-0.15, -0.1) is 0 Å². The molecular formula is C22H20ClF2N7O4. The Balaban J connectivity index is 1.59. The summed E-state index contributed by atoms with van der Waals surface area (Å²) < 4.78 is 34.1. The van der Waals surface area contributed by atoms with E-state index >= 15 is 0 Å². The first-order valence-corrected chi connectivity index (χ1v) is 11.2. The molecular weight excluding hydrogens is 500 g/mol. The van der Waals surface area contributed by atoms with E-state index in [1.807, 2.05) is 0 Å². The van der Waals surface area contributed by atoms with Gasteiger partial charge in [-0.1, -0.05) is 11.6 Å². The van der Waals surface area contributed by atoms with E-state index in [4.69, 9.17) is 16.3 Å². The topological polar surface area (TPSA) is 130 Å². The number of halogens is 3. The second-order valence-corrected chi connectivity index (χ2v) is 8.55. The molecule has 36 heavy (non-hydrogen) atoms. The number of alkyl halides is 2. The number of hydrogen-bond acceptors (Lipinski definition) is 7. The molecule has 4 heterocycles. The van der Waals surface area contributed by atoms with Crippen LogP contribution in [0.5, 0.6) is 5.75 Å². The largest absolute Gasteiger partial charge is 0.465 e. The number of rotatable bonds is 6. The molecule has 3 aromatic heterocycles. The minimum atomic E-state index is -3.07. The summed E-state index contributed by atoms with van der Waals surface area (Å²) in [4.78, 5) is 16.7. The van der Waals surface area contributed by atoms with Gasteiger partial charge in [0.25, 0.3) is 0 Å². The molecule has 188 valence electrons. The van der Waals surface area contributed by atoms with E-state index < -0.39 is 24.9 Å². The summed E-state index contributed by atoms with van der Waals surface area (Å²) in [5, 5.41) is 32.2. The second kappa shape index (κ2) is 9.59. The maximum atomic E-state index is 13.1. The molecule has 1 aliphatic rings. The minimum Gasteiger partial charge on any atom is -0.465 e. The molecule has 1 saturated heterocycles. The number of nitrogens with zero attached hydrogens (tertiary/aromatic N) is 6. The molecule has 0 saturated carbocycles. The van der Waals surface area contributed by atoms with Gasteiger partial charge >= 0.3 is 12.7 Å². The van der Waals surface area contributed by atoms with Gasteiger partial charge in [-0.2, -0.15) is 19.0 Å². The van der Waals surface area contributed by atoms with E-state index in [1.54, 1.807) is 35.4 Å². The molecule has 1 aliphatic heterocycles. The smallest absolute Gasteiger partial charge is 0.407 e. The Morgan fingerprint density at radius 1 is 1.31 bits per heavy atom. The number of benzene rings is 1. The summed E-state index contributed by atoms with van der Waals surface area (Å²) in [5.74, 6) is -0.137. The Bertz CT molecular complexity index is 1410. The van der Waals surface area contributed by atoms with Crippen LogP contribution in [-0.4, -0.2) is 71.4 Å². The number of aliphatic hydroxyl groups is 1. The zero-order valence-corrected chi connectivity index (χ0v) is 19.3. The van der Waals surface area contributed by atoms with Crippen LogP contribution in [0.15, 0.2) is 49.1 Å². The summed E-state index contributed by atoms with van der Waals surface area (Å²) >= 11 is 6.18. The number of ether oxygens (including phenoxy) is 1. The molecule has 11 nitrogen and oxygen atoms in total. The number of carbonyl (C=O) groups is 1. The number of amides is 1. The first-order valence-electron chi connectivity index (χ1n) is 10.9. The van der Waals surface area contributed by atoms with Crippen LogP contribution in [0.2, 0.25) is 5.02 Å². The Morgan fingerprint density at radius 2 is 2.14 bits per heavy atom. The van der Waals surface area contributed by atoms with Gasteiger partial charge in [-0.3, -0.25) is 4.68 Å². The molecule has 1 aromatic carbocycles. The van der Waals surface area contributed by atoms with Gasteiger partial charge in [0.1, 0.15) is 17.1 Å². The van der Waals surface area contributed by atoms with Gasteiger partial charge in [0, 0.05) is 35.7 Å². The lowest BCUT2D eigenvalue weighted by molar-refractivity contribution is -0.0494. The van der Waals surface area contributed by atoms with Crippen molar-refractivity contribution in [2.24, 2.45) is 0 Å². The summed E-state index contributed by atoms with van der Waals surface area (Å²) in [6.07, 6.45) is 4.62. The molecule has 1 amide bonds. The number of β-amino-alcohol motifs (C(OH)–C–C–N with tert-alkyl or cyclic N) is 1. The highest BCUT2D eigenvalue weighted by Gasteiger charge is 2.33. The summed E-state index contributed by atoms with van der Waals surface area (Å²) in [7, 11) is 0. The van der Waals surface area contributed by atoms with Crippen molar-refractivity contribution in [2.45, 2.75) is 25.2 Å². The van der Waals surface area contributed by atoms with Crippen LogP contribution < -0.4 is 10.1 Å². The number of aliphatic hydroxyl groups excluding tert-OH is 1. The van der Waals surface area contributed by atoms with Crippen LogP contribution in [0.3, 0.4) is 0 Å².